The molecule has 2 aliphatic heterocycles. The van der Waals surface area contributed by atoms with Gasteiger partial charge in [0.25, 0.3) is 6.71 Å². The summed E-state index contributed by atoms with van der Waals surface area (Å²) in [7, 11) is 0. The quantitative estimate of drug-likeness (QED) is 0.111. The fourth-order valence-corrected chi connectivity index (χ4v) is 18.6. The first-order valence-corrected chi connectivity index (χ1v) is 36.3. The number of fused-ring (bicyclic) bond motifs is 24. The maximum atomic E-state index is 2.77. The van der Waals surface area contributed by atoms with Crippen LogP contribution in [0.2, 0.25) is 0 Å². The highest BCUT2D eigenvalue weighted by atomic mass is 15.0. The van der Waals surface area contributed by atoms with E-state index in [0.717, 1.165) is 0 Å². The minimum absolute atomic E-state index is 0.0713. The lowest BCUT2D eigenvalue weighted by atomic mass is 9.34. The second-order valence-electron chi connectivity index (χ2n) is 32.3. The largest absolute Gasteiger partial charge is 0.310 e. The highest BCUT2D eigenvalue weighted by Crippen LogP contribution is 2.52. The number of hydrogen-bond donors (Lipinski definition) is 0. The van der Waals surface area contributed by atoms with E-state index in [4.69, 9.17) is 0 Å². The Balaban J connectivity index is 0.981. The Morgan fingerprint density at radius 1 is 0.248 bits per heavy atom. The number of hydrogen-bond acceptors (Lipinski definition) is 0. The van der Waals surface area contributed by atoms with Crippen LogP contribution in [0.15, 0.2) is 285 Å². The third-order valence-electron chi connectivity index (χ3n) is 24.0. The van der Waals surface area contributed by atoms with Crippen LogP contribution in [-0.2, 0) is 21.7 Å². The lowest BCUT2D eigenvalue weighted by Gasteiger charge is -2.35. The van der Waals surface area contributed by atoms with Crippen molar-refractivity contribution >= 4 is 131 Å². The van der Waals surface area contributed by atoms with Crippen molar-refractivity contribution in [3.63, 3.8) is 0 Å². The third-order valence-corrected chi connectivity index (χ3v) is 24.0. The summed E-state index contributed by atoms with van der Waals surface area (Å²) in [5, 5.41) is 20.6. The summed E-state index contributed by atoms with van der Waals surface area (Å²) >= 11 is 0. The predicted octanol–water partition coefficient (Wildman–Crippen LogP) is 24.2. The average molecular weight is 1290 g/mol. The Bertz CT molecular complexity index is 6460. The van der Waals surface area contributed by atoms with Gasteiger partial charge in [0, 0.05) is 60.0 Å². The van der Waals surface area contributed by atoms with Crippen LogP contribution >= 0.6 is 0 Å². The van der Waals surface area contributed by atoms with Crippen molar-refractivity contribution in [2.45, 2.75) is 90.9 Å². The van der Waals surface area contributed by atoms with E-state index in [2.05, 4.69) is 363 Å². The van der Waals surface area contributed by atoms with Crippen molar-refractivity contribution in [2.75, 3.05) is 0 Å². The van der Waals surface area contributed by atoms with Crippen molar-refractivity contribution < 1.29 is 0 Å². The van der Waals surface area contributed by atoms with Gasteiger partial charge in [0.05, 0.1) is 16.6 Å². The van der Waals surface area contributed by atoms with Crippen LogP contribution in [0, 0.1) is 0 Å². The molecule has 2 nitrogen and oxygen atoms in total. The van der Waals surface area contributed by atoms with Crippen LogP contribution < -0.4 is 16.4 Å². The summed E-state index contributed by atoms with van der Waals surface area (Å²) in [5.74, 6) is 0. The van der Waals surface area contributed by atoms with Gasteiger partial charge in [-0.2, -0.15) is 0 Å². The first-order chi connectivity index (χ1) is 48.9. The van der Waals surface area contributed by atoms with Gasteiger partial charge in [0.15, 0.2) is 0 Å². The van der Waals surface area contributed by atoms with Crippen LogP contribution in [0.4, 0.5) is 0 Å². The molecule has 0 N–H and O–H groups in total. The highest BCUT2D eigenvalue weighted by Gasteiger charge is 2.44. The van der Waals surface area contributed by atoms with E-state index in [9.17, 15) is 0 Å². The maximum absolute atomic E-state index is 2.77. The predicted molar refractivity (Wildman–Crippen MR) is 436 cm³/mol. The van der Waals surface area contributed by atoms with E-state index in [1.807, 2.05) is 0 Å². The number of rotatable bonds is 7. The Hall–Kier alpha value is -11.3. The van der Waals surface area contributed by atoms with Crippen molar-refractivity contribution in [1.29, 1.82) is 0 Å². The number of nitrogens with zero attached hydrogens (tertiary/aromatic N) is 2. The van der Waals surface area contributed by atoms with Crippen molar-refractivity contribution in [3.05, 3.63) is 318 Å². The molecule has 2 aliphatic rings. The summed E-state index contributed by atoms with van der Waals surface area (Å²) < 4.78 is 5.49. The fourth-order valence-electron chi connectivity index (χ4n) is 18.6. The molecule has 0 saturated carbocycles. The van der Waals surface area contributed by atoms with Gasteiger partial charge in [-0.1, -0.05) is 318 Å². The lowest BCUT2D eigenvalue weighted by Crippen LogP contribution is -2.59. The SMILES string of the molecule is CC(C)(C)c1ccc2c(c1)c1cc(C(C)(C)C)cc3c1n2-c1cc(-c2c(-c4ccc(C(C)(C)c5ccccc5)cc4)cccc2-c2ccc(C(C)(C)c4ccccc4)cc2)cc2c1B3c1cc3c4ccccc4c4ccccc4c3c3c4c5c6ccccc6c6ccccc6c5ccc4n-2c13. The molecule has 0 atom stereocenters. The fraction of sp³-hybridized carbons (Fsp3) is 0.143. The van der Waals surface area contributed by atoms with E-state index in [1.54, 1.807) is 0 Å². The molecule has 0 aliphatic carbocycles. The smallest absolute Gasteiger partial charge is 0.252 e. The molecule has 4 heterocycles. The number of benzene rings is 16. The zero-order valence-corrected chi connectivity index (χ0v) is 59.1. The summed E-state index contributed by atoms with van der Waals surface area (Å²) in [6, 6.07) is 110. The van der Waals surface area contributed by atoms with Gasteiger partial charge in [0.2, 0.25) is 0 Å². The summed E-state index contributed by atoms with van der Waals surface area (Å²) in [4.78, 5) is 0. The zero-order chi connectivity index (χ0) is 68.3. The molecule has 482 valence electrons. The molecule has 101 heavy (non-hydrogen) atoms. The Labute approximate surface area is 590 Å². The molecule has 18 aromatic rings. The topological polar surface area (TPSA) is 9.86 Å². The highest BCUT2D eigenvalue weighted by molar-refractivity contribution is 7.00. The second-order valence-corrected chi connectivity index (χ2v) is 32.3. The van der Waals surface area contributed by atoms with Crippen LogP contribution in [-0.4, -0.2) is 15.8 Å². The van der Waals surface area contributed by atoms with Crippen molar-refractivity contribution in [2.24, 2.45) is 0 Å². The molecular formula is C98H77BN2. The molecule has 0 saturated heterocycles. The molecule has 16 aromatic carbocycles. The molecule has 3 heteroatoms. The molecule has 0 radical (unpaired) electrons. The van der Waals surface area contributed by atoms with Crippen LogP contribution in [0.1, 0.15) is 103 Å². The van der Waals surface area contributed by atoms with Gasteiger partial charge in [-0.05, 0) is 184 Å². The monoisotopic (exact) mass is 1290 g/mol. The Morgan fingerprint density at radius 2 is 0.644 bits per heavy atom. The molecular weight excluding hydrogens is 1220 g/mol. The first-order valence-electron chi connectivity index (χ1n) is 36.3. The Morgan fingerprint density at radius 3 is 1.15 bits per heavy atom. The minimum atomic E-state index is -0.212. The van der Waals surface area contributed by atoms with E-state index in [0.29, 0.717) is 0 Å². The molecule has 0 unspecified atom stereocenters. The maximum Gasteiger partial charge on any atom is 0.252 e. The molecule has 0 fully saturated rings. The van der Waals surface area contributed by atoms with Gasteiger partial charge in [-0.25, -0.2) is 0 Å². The van der Waals surface area contributed by atoms with Gasteiger partial charge in [-0.3, -0.25) is 0 Å². The van der Waals surface area contributed by atoms with Crippen molar-refractivity contribution in [3.8, 4) is 44.8 Å². The van der Waals surface area contributed by atoms with Gasteiger partial charge in [-0.15, -0.1) is 0 Å². The minimum Gasteiger partial charge on any atom is -0.310 e. The van der Waals surface area contributed by atoms with E-state index >= 15 is 0 Å². The van der Waals surface area contributed by atoms with E-state index < -0.39 is 0 Å². The molecule has 0 spiro atoms. The Kier molecular flexibility index (Phi) is 12.5. The molecule has 0 bridgehead atoms. The van der Waals surface area contributed by atoms with Gasteiger partial charge in [0.1, 0.15) is 0 Å². The van der Waals surface area contributed by atoms with Crippen LogP contribution in [0.25, 0.3) is 153 Å². The first kappa shape index (κ1) is 59.8. The van der Waals surface area contributed by atoms with Crippen LogP contribution in [0.3, 0.4) is 0 Å². The lowest BCUT2D eigenvalue weighted by molar-refractivity contribution is 0.590. The summed E-state index contributed by atoms with van der Waals surface area (Å²) in [6.45, 7) is 23.6. The summed E-state index contributed by atoms with van der Waals surface area (Å²) in [5.41, 5.74) is 25.8. The van der Waals surface area contributed by atoms with Gasteiger partial charge >= 0.3 is 0 Å². The molecule has 20 rings (SSSR count). The third kappa shape index (κ3) is 8.47. The van der Waals surface area contributed by atoms with Gasteiger partial charge < -0.3 is 9.13 Å². The second kappa shape index (κ2) is 21.1. The standard InChI is InChI=1S/C98H77BN2/c1-95(2,3)65-48-50-83-78(54-65)80-55-66(96(4,5)6)56-81-93(80)100(83)85-52-60(87-67(58-40-44-63(45-41-58)97(7,8)61-26-13-11-14-27-61)38-25-39-68(87)59-42-46-64(47-43-59)98(9,10)62-28-15-12-16-29-62)53-86-92(85)99(81)82-57-79-74-35-20-18-31-70(74)72-33-22-24-37-76(72)89(79)91-90-84(101(86)94(82)91)51-49-77-73-34-19-17-30-69(73)71-32-21-23-36-75(71)88(77)90/h11-57H,1-10H3. The van der Waals surface area contributed by atoms with Crippen molar-refractivity contribution in [1.82, 2.24) is 9.13 Å². The van der Waals surface area contributed by atoms with E-state index in [-0.39, 0.29) is 28.4 Å². The summed E-state index contributed by atoms with van der Waals surface area (Å²) in [6.07, 6.45) is 0. The molecule has 0 amide bonds. The normalized spacial score (nSPS) is 13.2. The zero-order valence-electron chi connectivity index (χ0n) is 59.1. The average Bonchev–Trinajstić information content (AvgIpc) is 1.53. The number of aromatic nitrogens is 2. The molecule has 2 aromatic heterocycles. The van der Waals surface area contributed by atoms with E-state index in [1.165, 1.54) is 203 Å². The van der Waals surface area contributed by atoms with Crippen LogP contribution in [0.5, 0.6) is 0 Å².